The van der Waals surface area contributed by atoms with Gasteiger partial charge in [-0.1, -0.05) is 0 Å². The predicted octanol–water partition coefficient (Wildman–Crippen LogP) is 0.140. The maximum atomic E-state index is 12.7. The van der Waals surface area contributed by atoms with Crippen LogP contribution in [0.4, 0.5) is 26.4 Å². The van der Waals surface area contributed by atoms with Crippen LogP contribution >= 0.6 is 0 Å². The Morgan fingerprint density at radius 2 is 2.06 bits per heavy atom. The van der Waals surface area contributed by atoms with Crippen LogP contribution in [0.2, 0.25) is 0 Å². The van der Waals surface area contributed by atoms with E-state index in [0.717, 1.165) is 0 Å². The highest BCUT2D eigenvalue weighted by molar-refractivity contribution is 5.50. The van der Waals surface area contributed by atoms with Crippen molar-refractivity contribution in [2.75, 3.05) is 36.6 Å². The molecule has 8 heteroatoms. The molecule has 1 heterocycles. The zero-order valence-corrected chi connectivity index (χ0v) is 8.67. The van der Waals surface area contributed by atoms with Gasteiger partial charge in [-0.2, -0.15) is 9.97 Å². The summed E-state index contributed by atoms with van der Waals surface area (Å²) in [5.41, 5.74) is 5.37. The Morgan fingerprint density at radius 3 is 2.62 bits per heavy atom. The summed E-state index contributed by atoms with van der Waals surface area (Å²) in [5.74, 6) is -2.63. The molecule has 0 bridgehead atoms. The lowest BCUT2D eigenvalue weighted by molar-refractivity contribution is -0.0373. The summed E-state index contributed by atoms with van der Waals surface area (Å²) in [5, 5.41) is 13.4. The van der Waals surface area contributed by atoms with Gasteiger partial charge in [-0.3, -0.25) is 0 Å². The summed E-state index contributed by atoms with van der Waals surface area (Å²) in [6, 6.07) is 1.43. The van der Waals surface area contributed by atoms with Crippen LogP contribution in [0, 0.1) is 0 Å². The van der Waals surface area contributed by atoms with Crippen molar-refractivity contribution in [1.82, 2.24) is 9.97 Å². The summed E-state index contributed by atoms with van der Waals surface area (Å²) >= 11 is 0. The van der Waals surface area contributed by atoms with E-state index in [2.05, 4.69) is 20.6 Å². The van der Waals surface area contributed by atoms with Crippen molar-refractivity contribution in [3.05, 3.63) is 6.07 Å². The first kappa shape index (κ1) is 12.4. The van der Waals surface area contributed by atoms with Crippen molar-refractivity contribution in [3.63, 3.8) is 0 Å². The average molecular weight is 233 g/mol. The van der Waals surface area contributed by atoms with Crippen molar-refractivity contribution < 1.29 is 13.9 Å². The first-order chi connectivity index (χ1) is 7.46. The van der Waals surface area contributed by atoms with Gasteiger partial charge in [0.25, 0.3) is 5.92 Å². The third-order valence-electron chi connectivity index (χ3n) is 1.76. The lowest BCUT2D eigenvalue weighted by Gasteiger charge is -2.14. The van der Waals surface area contributed by atoms with Gasteiger partial charge in [0.05, 0.1) is 6.54 Å². The molecule has 0 unspecified atom stereocenters. The number of nitrogen functional groups attached to an aromatic ring is 1. The number of hydrogen-bond acceptors (Lipinski definition) is 6. The minimum absolute atomic E-state index is 0.0262. The number of aromatic nitrogens is 2. The number of nitrogens with two attached hydrogens (primary N) is 1. The molecule has 0 saturated carbocycles. The fourth-order valence-electron chi connectivity index (χ4n) is 0.960. The molecule has 0 aromatic carbocycles. The molecule has 0 aliphatic heterocycles. The summed E-state index contributed by atoms with van der Waals surface area (Å²) < 4.78 is 25.4. The second kappa shape index (κ2) is 4.88. The summed E-state index contributed by atoms with van der Waals surface area (Å²) in [6.07, 6.45) is 0. The molecule has 90 valence electrons. The van der Waals surface area contributed by atoms with Crippen LogP contribution in [-0.2, 0) is 0 Å². The van der Waals surface area contributed by atoms with E-state index < -0.39 is 19.1 Å². The zero-order chi connectivity index (χ0) is 12.2. The Kier molecular flexibility index (Phi) is 3.78. The molecule has 16 heavy (non-hydrogen) atoms. The first-order valence-corrected chi connectivity index (χ1v) is 4.52. The van der Waals surface area contributed by atoms with Crippen LogP contribution in [0.5, 0.6) is 0 Å². The van der Waals surface area contributed by atoms with Gasteiger partial charge in [-0.05, 0) is 0 Å². The molecule has 5 N–H and O–H groups in total. The van der Waals surface area contributed by atoms with Crippen molar-refractivity contribution >= 4 is 17.6 Å². The Morgan fingerprint density at radius 1 is 1.44 bits per heavy atom. The van der Waals surface area contributed by atoms with Gasteiger partial charge in [-0.15, -0.1) is 0 Å². The van der Waals surface area contributed by atoms with Crippen LogP contribution in [0.25, 0.3) is 0 Å². The number of rotatable bonds is 5. The topological polar surface area (TPSA) is 96.1 Å². The van der Waals surface area contributed by atoms with Crippen molar-refractivity contribution in [1.29, 1.82) is 0 Å². The standard InChI is InChI=1S/C8H13F2N5O/c1-12-5-2-6(15-7(11)14-5)13-3-8(9,10)4-16/h2,16H,3-4H2,1H3,(H4,11,12,13,14,15). The largest absolute Gasteiger partial charge is 0.390 e. The fourth-order valence-corrected chi connectivity index (χ4v) is 0.960. The Bertz CT molecular complexity index is 360. The SMILES string of the molecule is CNc1cc(NCC(F)(F)CO)nc(N)n1. The Labute approximate surface area is 90.9 Å². The molecule has 0 spiro atoms. The second-order valence-corrected chi connectivity index (χ2v) is 3.11. The Balaban J connectivity index is 2.70. The number of anilines is 3. The average Bonchev–Trinajstić information content (AvgIpc) is 2.26. The molecule has 1 aromatic heterocycles. The molecule has 1 aromatic rings. The van der Waals surface area contributed by atoms with Crippen molar-refractivity contribution in [2.24, 2.45) is 0 Å². The van der Waals surface area contributed by atoms with Gasteiger partial charge in [-0.25, -0.2) is 8.78 Å². The number of nitrogens with one attached hydrogen (secondary N) is 2. The lowest BCUT2D eigenvalue weighted by atomic mass is 10.3. The fraction of sp³-hybridized carbons (Fsp3) is 0.500. The van der Waals surface area contributed by atoms with Gasteiger partial charge in [0.1, 0.15) is 18.2 Å². The van der Waals surface area contributed by atoms with E-state index >= 15 is 0 Å². The highest BCUT2D eigenvalue weighted by Crippen LogP contribution is 2.16. The summed E-state index contributed by atoms with van der Waals surface area (Å²) in [7, 11) is 1.62. The second-order valence-electron chi connectivity index (χ2n) is 3.11. The van der Waals surface area contributed by atoms with Gasteiger partial charge in [0, 0.05) is 13.1 Å². The molecule has 1 rings (SSSR count). The zero-order valence-electron chi connectivity index (χ0n) is 8.67. The highest BCUT2D eigenvalue weighted by atomic mass is 19.3. The molecular formula is C8H13F2N5O. The van der Waals surface area contributed by atoms with Crippen molar-refractivity contribution in [3.8, 4) is 0 Å². The molecule has 0 radical (unpaired) electrons. The Hall–Kier alpha value is -1.70. The molecule has 0 atom stereocenters. The molecular weight excluding hydrogens is 220 g/mol. The lowest BCUT2D eigenvalue weighted by Crippen LogP contribution is -2.31. The van der Waals surface area contributed by atoms with Crippen molar-refractivity contribution in [2.45, 2.75) is 5.92 Å². The summed E-state index contributed by atoms with van der Waals surface area (Å²) in [4.78, 5) is 7.52. The molecule has 0 aliphatic carbocycles. The molecule has 0 amide bonds. The third-order valence-corrected chi connectivity index (χ3v) is 1.76. The van der Waals surface area contributed by atoms with E-state index in [0.29, 0.717) is 5.82 Å². The van der Waals surface area contributed by atoms with Gasteiger partial charge < -0.3 is 21.5 Å². The number of aliphatic hydroxyl groups excluding tert-OH is 1. The summed E-state index contributed by atoms with van der Waals surface area (Å²) in [6.45, 7) is -1.94. The van der Waals surface area contributed by atoms with Crippen LogP contribution in [-0.4, -0.2) is 41.2 Å². The van der Waals surface area contributed by atoms with E-state index in [1.54, 1.807) is 7.05 Å². The highest BCUT2D eigenvalue weighted by Gasteiger charge is 2.27. The van der Waals surface area contributed by atoms with E-state index in [1.807, 2.05) is 0 Å². The van der Waals surface area contributed by atoms with E-state index in [4.69, 9.17) is 10.8 Å². The first-order valence-electron chi connectivity index (χ1n) is 4.52. The molecule has 0 fully saturated rings. The maximum absolute atomic E-state index is 12.7. The van der Waals surface area contributed by atoms with Crippen LogP contribution in [0.15, 0.2) is 6.07 Å². The molecule has 6 nitrogen and oxygen atoms in total. The minimum atomic E-state index is -3.19. The number of hydrogen-bond donors (Lipinski definition) is 4. The molecule has 0 aliphatic rings. The van der Waals surface area contributed by atoms with Crippen LogP contribution < -0.4 is 16.4 Å². The maximum Gasteiger partial charge on any atom is 0.287 e. The van der Waals surface area contributed by atoms with Gasteiger partial charge in [0.15, 0.2) is 0 Å². The van der Waals surface area contributed by atoms with E-state index in [9.17, 15) is 8.78 Å². The number of aliphatic hydroxyl groups is 1. The van der Waals surface area contributed by atoms with Gasteiger partial charge >= 0.3 is 0 Å². The van der Waals surface area contributed by atoms with Gasteiger partial charge in [0.2, 0.25) is 5.95 Å². The monoisotopic (exact) mass is 233 g/mol. The third kappa shape index (κ3) is 3.46. The van der Waals surface area contributed by atoms with Crippen LogP contribution in [0.3, 0.4) is 0 Å². The number of halogens is 2. The van der Waals surface area contributed by atoms with Crippen LogP contribution in [0.1, 0.15) is 0 Å². The minimum Gasteiger partial charge on any atom is -0.390 e. The number of nitrogens with zero attached hydrogens (tertiary/aromatic N) is 2. The van der Waals surface area contributed by atoms with E-state index in [-0.39, 0.29) is 11.8 Å². The molecule has 0 saturated heterocycles. The number of alkyl halides is 2. The predicted molar refractivity (Wildman–Crippen MR) is 56.5 cm³/mol. The smallest absolute Gasteiger partial charge is 0.287 e. The quantitative estimate of drug-likeness (QED) is 0.577. The van der Waals surface area contributed by atoms with E-state index in [1.165, 1.54) is 6.07 Å². The normalized spacial score (nSPS) is 11.2.